The Hall–Kier alpha value is -0.160. The van der Waals surface area contributed by atoms with Crippen molar-refractivity contribution in [1.29, 1.82) is 0 Å². The molecule has 0 aliphatic heterocycles. The summed E-state index contributed by atoms with van der Waals surface area (Å²) in [4.78, 5) is 0. The van der Waals surface area contributed by atoms with Crippen LogP contribution in [0.4, 0.5) is 0 Å². The van der Waals surface area contributed by atoms with E-state index in [1.54, 1.807) is 13.8 Å². The van der Waals surface area contributed by atoms with E-state index in [1.165, 1.54) is 0 Å². The Morgan fingerprint density at radius 3 is 1.25 bits per heavy atom. The average Bonchev–Trinajstić information content (AvgIpc) is 2.20. The van der Waals surface area contributed by atoms with E-state index in [-0.39, 0.29) is 0 Å². The van der Waals surface area contributed by atoms with Crippen LogP contribution in [0, 0.1) is 10.8 Å². The molecule has 0 amide bonds. The summed E-state index contributed by atoms with van der Waals surface area (Å²) in [5, 5.41) is 40.1. The molecule has 2 atom stereocenters. The van der Waals surface area contributed by atoms with E-state index >= 15 is 0 Å². The van der Waals surface area contributed by atoms with Crippen LogP contribution in [-0.2, 0) is 0 Å². The molecule has 0 aromatic heterocycles. The molecule has 1 rings (SSSR count). The van der Waals surface area contributed by atoms with Crippen LogP contribution in [0.15, 0.2) is 0 Å². The number of rotatable bonds is 4. The number of hydrogen-bond donors (Lipinski definition) is 4. The van der Waals surface area contributed by atoms with Gasteiger partial charge >= 0.3 is 0 Å². The Kier molecular flexibility index (Phi) is 3.19. The van der Waals surface area contributed by atoms with Gasteiger partial charge in [-0.05, 0) is 26.7 Å². The third kappa shape index (κ3) is 0.997. The highest BCUT2D eigenvalue weighted by molar-refractivity contribution is 5.30. The molecule has 1 aliphatic carbocycles. The monoisotopic (exact) mass is 232 g/mol. The van der Waals surface area contributed by atoms with Gasteiger partial charge in [0, 0.05) is 5.41 Å². The highest BCUT2D eigenvalue weighted by Crippen LogP contribution is 2.70. The molecule has 0 aromatic rings. The number of aliphatic hydroxyl groups excluding tert-OH is 2. The predicted molar refractivity (Wildman–Crippen MR) is 60.9 cm³/mol. The SMILES string of the molecule is CCC1(CC)C(C)(O)C(CO)(CO)C1(C)O. The molecule has 1 saturated carbocycles. The molecule has 0 saturated heterocycles. The van der Waals surface area contributed by atoms with E-state index < -0.39 is 35.2 Å². The Morgan fingerprint density at radius 1 is 0.750 bits per heavy atom. The van der Waals surface area contributed by atoms with E-state index in [2.05, 4.69) is 0 Å². The Morgan fingerprint density at radius 2 is 1.06 bits per heavy atom. The van der Waals surface area contributed by atoms with E-state index in [0.29, 0.717) is 12.8 Å². The Balaban J connectivity index is 3.32. The third-order valence-corrected chi connectivity index (χ3v) is 5.47. The van der Waals surface area contributed by atoms with Gasteiger partial charge in [-0.3, -0.25) is 0 Å². The highest BCUT2D eigenvalue weighted by atomic mass is 16.3. The molecule has 96 valence electrons. The molecule has 4 nitrogen and oxygen atoms in total. The lowest BCUT2D eigenvalue weighted by Crippen LogP contribution is -2.87. The van der Waals surface area contributed by atoms with Gasteiger partial charge in [0.05, 0.1) is 29.8 Å². The minimum atomic E-state index is -1.27. The van der Waals surface area contributed by atoms with Gasteiger partial charge in [0.1, 0.15) is 0 Å². The molecule has 0 heterocycles. The minimum Gasteiger partial charge on any atom is -0.395 e. The quantitative estimate of drug-likeness (QED) is 0.561. The fourth-order valence-corrected chi connectivity index (χ4v) is 4.09. The molecule has 0 radical (unpaired) electrons. The molecule has 2 unspecified atom stereocenters. The first-order chi connectivity index (χ1) is 7.24. The van der Waals surface area contributed by atoms with Crippen molar-refractivity contribution in [3.05, 3.63) is 0 Å². The maximum atomic E-state index is 10.6. The van der Waals surface area contributed by atoms with E-state index in [4.69, 9.17) is 0 Å². The maximum Gasteiger partial charge on any atom is 0.0830 e. The van der Waals surface area contributed by atoms with Crippen LogP contribution in [0.3, 0.4) is 0 Å². The van der Waals surface area contributed by atoms with Gasteiger partial charge in [-0.1, -0.05) is 13.8 Å². The molecule has 4 N–H and O–H groups in total. The zero-order valence-electron chi connectivity index (χ0n) is 10.6. The molecular weight excluding hydrogens is 208 g/mol. The van der Waals surface area contributed by atoms with E-state index in [9.17, 15) is 20.4 Å². The first-order valence-electron chi connectivity index (χ1n) is 5.91. The summed E-state index contributed by atoms with van der Waals surface area (Å²) in [6.45, 7) is 6.17. The second-order valence-corrected chi connectivity index (χ2v) is 5.33. The summed E-state index contributed by atoms with van der Waals surface area (Å²) in [5.41, 5.74) is -4.45. The summed E-state index contributed by atoms with van der Waals surface area (Å²) in [6.07, 6.45) is 1.20. The molecule has 1 aliphatic rings. The van der Waals surface area contributed by atoms with Crippen LogP contribution in [0.2, 0.25) is 0 Å². The van der Waals surface area contributed by atoms with Gasteiger partial charge < -0.3 is 20.4 Å². The largest absolute Gasteiger partial charge is 0.395 e. The van der Waals surface area contributed by atoms with Crippen LogP contribution in [0.25, 0.3) is 0 Å². The summed E-state index contributed by atoms with van der Waals surface area (Å²) < 4.78 is 0. The Labute approximate surface area is 96.9 Å². The van der Waals surface area contributed by atoms with Gasteiger partial charge in [0.25, 0.3) is 0 Å². The molecule has 0 aromatic carbocycles. The Bertz CT molecular complexity index is 218. The maximum absolute atomic E-state index is 10.6. The third-order valence-electron chi connectivity index (χ3n) is 5.47. The van der Waals surface area contributed by atoms with Gasteiger partial charge in [-0.25, -0.2) is 0 Å². The molecule has 4 heteroatoms. The molecule has 0 spiro atoms. The zero-order valence-corrected chi connectivity index (χ0v) is 10.6. The molecule has 16 heavy (non-hydrogen) atoms. The van der Waals surface area contributed by atoms with Crippen molar-refractivity contribution >= 4 is 0 Å². The smallest absolute Gasteiger partial charge is 0.0830 e. The normalized spacial score (nSPS) is 40.5. The molecule has 0 bridgehead atoms. The minimum absolute atomic E-state index is 0.425. The standard InChI is InChI=1S/C12H24O4/c1-5-11(6-2)9(3,15)12(7-13,8-14)10(11,4)16/h13-16H,5-8H2,1-4H3. The van der Waals surface area contributed by atoms with Crippen LogP contribution in [0.1, 0.15) is 40.5 Å². The van der Waals surface area contributed by atoms with Crippen molar-refractivity contribution in [2.24, 2.45) is 10.8 Å². The second kappa shape index (κ2) is 3.67. The van der Waals surface area contributed by atoms with Crippen LogP contribution >= 0.6 is 0 Å². The van der Waals surface area contributed by atoms with Crippen molar-refractivity contribution < 1.29 is 20.4 Å². The van der Waals surface area contributed by atoms with Crippen LogP contribution in [0.5, 0.6) is 0 Å². The fraction of sp³-hybridized carbons (Fsp3) is 1.00. The zero-order chi connectivity index (χ0) is 12.8. The van der Waals surface area contributed by atoms with Gasteiger partial charge in [0.2, 0.25) is 0 Å². The summed E-state index contributed by atoms with van der Waals surface area (Å²) in [5.74, 6) is 0. The van der Waals surface area contributed by atoms with E-state index in [0.717, 1.165) is 0 Å². The van der Waals surface area contributed by atoms with Crippen molar-refractivity contribution in [2.75, 3.05) is 13.2 Å². The lowest BCUT2D eigenvalue weighted by molar-refractivity contribution is -0.403. The second-order valence-electron chi connectivity index (χ2n) is 5.33. The van der Waals surface area contributed by atoms with Gasteiger partial charge in [0.15, 0.2) is 0 Å². The number of aliphatic hydroxyl groups is 4. The average molecular weight is 232 g/mol. The molecule has 1 fully saturated rings. The van der Waals surface area contributed by atoms with Gasteiger partial charge in [-0.2, -0.15) is 0 Å². The summed E-state index contributed by atoms with van der Waals surface area (Å²) in [6, 6.07) is 0. The van der Waals surface area contributed by atoms with Crippen LogP contribution < -0.4 is 0 Å². The van der Waals surface area contributed by atoms with Crippen molar-refractivity contribution in [3.8, 4) is 0 Å². The van der Waals surface area contributed by atoms with Gasteiger partial charge in [-0.15, -0.1) is 0 Å². The summed E-state index contributed by atoms with van der Waals surface area (Å²) in [7, 11) is 0. The number of hydrogen-bond acceptors (Lipinski definition) is 4. The van der Waals surface area contributed by atoms with Crippen molar-refractivity contribution in [1.82, 2.24) is 0 Å². The summed E-state index contributed by atoms with van der Waals surface area (Å²) >= 11 is 0. The first-order valence-corrected chi connectivity index (χ1v) is 5.91. The van der Waals surface area contributed by atoms with Crippen LogP contribution in [-0.4, -0.2) is 44.8 Å². The van der Waals surface area contributed by atoms with Crippen molar-refractivity contribution in [2.45, 2.75) is 51.7 Å². The van der Waals surface area contributed by atoms with Crippen molar-refractivity contribution in [3.63, 3.8) is 0 Å². The first kappa shape index (κ1) is 13.9. The fourth-order valence-electron chi connectivity index (χ4n) is 4.09. The van der Waals surface area contributed by atoms with E-state index in [1.807, 2.05) is 13.8 Å². The molecular formula is C12H24O4. The topological polar surface area (TPSA) is 80.9 Å². The lowest BCUT2D eigenvalue weighted by Gasteiger charge is -2.75. The lowest BCUT2D eigenvalue weighted by atomic mass is 9.33. The highest BCUT2D eigenvalue weighted by Gasteiger charge is 2.81. The predicted octanol–water partition coefficient (Wildman–Crippen LogP) is 0.279.